The summed E-state index contributed by atoms with van der Waals surface area (Å²) >= 11 is 0. The Morgan fingerprint density at radius 3 is 2.75 bits per heavy atom. The summed E-state index contributed by atoms with van der Waals surface area (Å²) in [5.41, 5.74) is 0.929. The van der Waals surface area contributed by atoms with Crippen LogP contribution in [0, 0.1) is 0 Å². The van der Waals surface area contributed by atoms with Crippen molar-refractivity contribution in [3.05, 3.63) is 75.2 Å². The van der Waals surface area contributed by atoms with Gasteiger partial charge in [0.25, 0.3) is 5.56 Å². The predicted octanol–water partition coefficient (Wildman–Crippen LogP) is 1.33. The molecule has 3 aromatic rings. The largest absolute Gasteiger partial charge is 0.328 e. The number of rotatable bonds is 3. The number of benzene rings is 1. The van der Waals surface area contributed by atoms with Gasteiger partial charge in [0, 0.05) is 18.9 Å². The van der Waals surface area contributed by atoms with E-state index in [0.717, 1.165) is 5.56 Å². The van der Waals surface area contributed by atoms with E-state index in [0.29, 0.717) is 23.9 Å². The molecule has 0 fully saturated rings. The van der Waals surface area contributed by atoms with Gasteiger partial charge in [0.1, 0.15) is 0 Å². The van der Waals surface area contributed by atoms with Crippen LogP contribution in [0.3, 0.4) is 0 Å². The predicted molar refractivity (Wildman–Crippen MR) is 76.8 cm³/mol. The number of H-pyrrole nitrogens is 1. The number of hydrogen-bond acceptors (Lipinski definition) is 3. The van der Waals surface area contributed by atoms with Gasteiger partial charge in [-0.2, -0.15) is 0 Å². The molecule has 5 nitrogen and oxygen atoms in total. The third-order valence-corrected chi connectivity index (χ3v) is 3.24. The smallest absolute Gasteiger partial charge is 0.307 e. The molecule has 0 radical (unpaired) electrons. The standard InChI is InChI=1S/C15H13N3O2/c19-14-12-5-1-2-6-13(12)17-15(20)18(14)9-7-11-4-3-8-16-10-11/h1-6,8,10H,7,9H2,(H,17,20). The van der Waals surface area contributed by atoms with Crippen LogP contribution < -0.4 is 11.2 Å². The quantitative estimate of drug-likeness (QED) is 0.778. The minimum atomic E-state index is -0.377. The zero-order valence-electron chi connectivity index (χ0n) is 10.7. The second-order valence-corrected chi connectivity index (χ2v) is 4.54. The van der Waals surface area contributed by atoms with E-state index in [1.54, 1.807) is 36.7 Å². The summed E-state index contributed by atoms with van der Waals surface area (Å²) in [6.07, 6.45) is 4.02. The number of pyridine rings is 1. The highest BCUT2D eigenvalue weighted by molar-refractivity contribution is 5.76. The van der Waals surface area contributed by atoms with Gasteiger partial charge < -0.3 is 4.98 Å². The van der Waals surface area contributed by atoms with E-state index < -0.39 is 0 Å². The molecule has 2 aromatic heterocycles. The number of aryl methyl sites for hydroxylation is 1. The Bertz CT molecular complexity index is 850. The monoisotopic (exact) mass is 267 g/mol. The lowest BCUT2D eigenvalue weighted by Crippen LogP contribution is -2.35. The van der Waals surface area contributed by atoms with Crippen LogP contribution in [0.15, 0.2) is 58.4 Å². The molecule has 1 N–H and O–H groups in total. The lowest BCUT2D eigenvalue weighted by molar-refractivity contribution is 0.635. The van der Waals surface area contributed by atoms with Crippen LogP contribution in [-0.2, 0) is 13.0 Å². The first-order valence-corrected chi connectivity index (χ1v) is 6.36. The molecule has 5 heteroatoms. The third kappa shape index (κ3) is 2.25. The molecule has 0 aliphatic rings. The molecule has 0 aliphatic heterocycles. The van der Waals surface area contributed by atoms with E-state index in [1.807, 2.05) is 12.1 Å². The normalized spacial score (nSPS) is 10.8. The first-order valence-electron chi connectivity index (χ1n) is 6.36. The van der Waals surface area contributed by atoms with E-state index >= 15 is 0 Å². The van der Waals surface area contributed by atoms with Crippen molar-refractivity contribution in [2.45, 2.75) is 13.0 Å². The van der Waals surface area contributed by atoms with Gasteiger partial charge in [0.2, 0.25) is 0 Å². The first kappa shape index (κ1) is 12.3. The molecule has 20 heavy (non-hydrogen) atoms. The van der Waals surface area contributed by atoms with Crippen molar-refractivity contribution in [2.24, 2.45) is 0 Å². The average molecular weight is 267 g/mol. The topological polar surface area (TPSA) is 67.8 Å². The number of aromatic amines is 1. The maximum atomic E-state index is 12.3. The Balaban J connectivity index is 2.00. The highest BCUT2D eigenvalue weighted by Gasteiger charge is 2.06. The molecular weight excluding hydrogens is 254 g/mol. The van der Waals surface area contributed by atoms with Crippen LogP contribution in [0.1, 0.15) is 5.56 Å². The fourth-order valence-electron chi connectivity index (χ4n) is 2.19. The molecule has 0 amide bonds. The summed E-state index contributed by atoms with van der Waals surface area (Å²) in [7, 11) is 0. The molecule has 0 spiro atoms. The summed E-state index contributed by atoms with van der Waals surface area (Å²) in [6, 6.07) is 10.8. The fourth-order valence-corrected chi connectivity index (χ4v) is 2.19. The van der Waals surface area contributed by atoms with Gasteiger partial charge >= 0.3 is 5.69 Å². The van der Waals surface area contributed by atoms with Gasteiger partial charge in [0.15, 0.2) is 0 Å². The van der Waals surface area contributed by atoms with Crippen LogP contribution in [0.4, 0.5) is 0 Å². The first-order chi connectivity index (χ1) is 9.75. The highest BCUT2D eigenvalue weighted by Crippen LogP contribution is 2.03. The van der Waals surface area contributed by atoms with Crippen molar-refractivity contribution < 1.29 is 0 Å². The number of fused-ring (bicyclic) bond motifs is 1. The second-order valence-electron chi connectivity index (χ2n) is 4.54. The zero-order chi connectivity index (χ0) is 13.9. The van der Waals surface area contributed by atoms with Gasteiger partial charge in [-0.25, -0.2) is 4.79 Å². The Hall–Kier alpha value is -2.69. The zero-order valence-corrected chi connectivity index (χ0v) is 10.7. The van der Waals surface area contributed by atoms with Crippen LogP contribution in [0.5, 0.6) is 0 Å². The number of nitrogens with zero attached hydrogens (tertiary/aromatic N) is 2. The molecule has 0 bridgehead atoms. The summed E-state index contributed by atoms with van der Waals surface area (Å²) in [4.78, 5) is 31.0. The van der Waals surface area contributed by atoms with Crippen LogP contribution >= 0.6 is 0 Å². The van der Waals surface area contributed by atoms with Gasteiger partial charge in [0.05, 0.1) is 10.9 Å². The fraction of sp³-hybridized carbons (Fsp3) is 0.133. The molecule has 2 heterocycles. The molecule has 100 valence electrons. The van der Waals surface area contributed by atoms with Gasteiger partial charge in [-0.1, -0.05) is 18.2 Å². The molecule has 0 saturated heterocycles. The third-order valence-electron chi connectivity index (χ3n) is 3.24. The van der Waals surface area contributed by atoms with Gasteiger partial charge in [-0.05, 0) is 30.2 Å². The van der Waals surface area contributed by atoms with Crippen molar-refractivity contribution >= 4 is 10.9 Å². The van der Waals surface area contributed by atoms with Crippen molar-refractivity contribution in [1.82, 2.24) is 14.5 Å². The Morgan fingerprint density at radius 1 is 1.10 bits per heavy atom. The minimum Gasteiger partial charge on any atom is -0.307 e. The Morgan fingerprint density at radius 2 is 1.95 bits per heavy atom. The molecule has 0 atom stereocenters. The Labute approximate surface area is 114 Å². The summed E-state index contributed by atoms with van der Waals surface area (Å²) in [5, 5.41) is 0.526. The lowest BCUT2D eigenvalue weighted by atomic mass is 10.2. The van der Waals surface area contributed by atoms with Crippen molar-refractivity contribution in [3.63, 3.8) is 0 Å². The number of aromatic nitrogens is 3. The molecule has 0 aliphatic carbocycles. The van der Waals surface area contributed by atoms with Crippen molar-refractivity contribution in [1.29, 1.82) is 0 Å². The highest BCUT2D eigenvalue weighted by atomic mass is 16.2. The number of hydrogen-bond donors (Lipinski definition) is 1. The van der Waals surface area contributed by atoms with Gasteiger partial charge in [-0.15, -0.1) is 0 Å². The van der Waals surface area contributed by atoms with Crippen LogP contribution in [0.2, 0.25) is 0 Å². The average Bonchev–Trinajstić information content (AvgIpc) is 2.48. The maximum absolute atomic E-state index is 12.3. The maximum Gasteiger partial charge on any atom is 0.328 e. The summed E-state index contributed by atoms with van der Waals surface area (Å²) in [5.74, 6) is 0. The molecule has 0 unspecified atom stereocenters. The van der Waals surface area contributed by atoms with E-state index in [9.17, 15) is 9.59 Å². The molecule has 0 saturated carbocycles. The van der Waals surface area contributed by atoms with E-state index in [1.165, 1.54) is 4.57 Å². The molecule has 1 aromatic carbocycles. The summed E-state index contributed by atoms with van der Waals surface area (Å²) < 4.78 is 1.23. The van der Waals surface area contributed by atoms with E-state index in [4.69, 9.17) is 0 Å². The van der Waals surface area contributed by atoms with E-state index in [2.05, 4.69) is 9.97 Å². The van der Waals surface area contributed by atoms with Gasteiger partial charge in [-0.3, -0.25) is 14.3 Å². The van der Waals surface area contributed by atoms with Crippen LogP contribution in [0.25, 0.3) is 10.9 Å². The number of para-hydroxylation sites is 1. The Kier molecular flexibility index (Phi) is 3.16. The molecule has 3 rings (SSSR count). The second kappa shape index (κ2) is 5.13. The van der Waals surface area contributed by atoms with Crippen molar-refractivity contribution in [2.75, 3.05) is 0 Å². The number of nitrogens with one attached hydrogen (secondary N) is 1. The summed E-state index contributed by atoms with van der Waals surface area (Å²) in [6.45, 7) is 0.338. The van der Waals surface area contributed by atoms with Crippen LogP contribution in [-0.4, -0.2) is 14.5 Å². The lowest BCUT2D eigenvalue weighted by Gasteiger charge is -2.06. The minimum absolute atomic E-state index is 0.256. The van der Waals surface area contributed by atoms with Crippen molar-refractivity contribution in [3.8, 4) is 0 Å². The molecular formula is C15H13N3O2. The van der Waals surface area contributed by atoms with E-state index in [-0.39, 0.29) is 11.2 Å². The SMILES string of the molecule is O=c1[nH]c2ccccc2c(=O)n1CCc1cccnc1.